The van der Waals surface area contributed by atoms with Crippen LogP contribution in [0.4, 0.5) is 0 Å². The molecule has 20 heavy (non-hydrogen) atoms. The van der Waals surface area contributed by atoms with Gasteiger partial charge in [-0.3, -0.25) is 9.78 Å². The second-order valence-electron chi connectivity index (χ2n) is 4.41. The molecular formula is C13H19N3O4. The zero-order valence-electron chi connectivity index (χ0n) is 11.7. The predicted molar refractivity (Wildman–Crippen MR) is 70.7 cm³/mol. The number of aromatic nitrogens is 2. The fourth-order valence-electron chi connectivity index (χ4n) is 1.99. The first-order chi connectivity index (χ1) is 9.72. The van der Waals surface area contributed by atoms with E-state index in [1.165, 1.54) is 19.5 Å². The summed E-state index contributed by atoms with van der Waals surface area (Å²) in [4.78, 5) is 21.7. The van der Waals surface area contributed by atoms with Crippen molar-refractivity contribution in [2.75, 3.05) is 33.4 Å². The summed E-state index contributed by atoms with van der Waals surface area (Å²) in [5.74, 6) is 0.813. The quantitative estimate of drug-likeness (QED) is 0.756. The molecule has 110 valence electrons. The normalized spacial score (nSPS) is 18.1. The van der Waals surface area contributed by atoms with Crippen LogP contribution in [0.3, 0.4) is 0 Å². The molecule has 2 rings (SSSR count). The number of hydrogen-bond acceptors (Lipinski definition) is 6. The topological polar surface area (TPSA) is 73.8 Å². The Morgan fingerprint density at radius 2 is 2.25 bits per heavy atom. The molecule has 0 aliphatic carbocycles. The van der Waals surface area contributed by atoms with E-state index in [1.54, 1.807) is 4.90 Å². The van der Waals surface area contributed by atoms with Gasteiger partial charge in [0.1, 0.15) is 12.7 Å². The maximum absolute atomic E-state index is 11.8. The lowest BCUT2D eigenvalue weighted by atomic mass is 10.3. The third kappa shape index (κ3) is 3.80. The molecule has 0 saturated carbocycles. The van der Waals surface area contributed by atoms with Gasteiger partial charge in [0, 0.05) is 19.6 Å². The minimum atomic E-state index is -0.0676. The summed E-state index contributed by atoms with van der Waals surface area (Å²) in [5.41, 5.74) is 0. The first-order valence-corrected chi connectivity index (χ1v) is 6.61. The van der Waals surface area contributed by atoms with E-state index < -0.39 is 0 Å². The second-order valence-corrected chi connectivity index (χ2v) is 4.41. The Labute approximate surface area is 117 Å². The second kappa shape index (κ2) is 7.04. The highest BCUT2D eigenvalue weighted by Gasteiger charge is 2.27. The van der Waals surface area contributed by atoms with Crippen LogP contribution in [0.25, 0.3) is 0 Å². The van der Waals surface area contributed by atoms with Crippen molar-refractivity contribution in [1.29, 1.82) is 0 Å². The molecule has 2 heterocycles. The highest BCUT2D eigenvalue weighted by molar-refractivity contribution is 5.77. The number of nitrogens with zero attached hydrogens (tertiary/aromatic N) is 3. The Bertz CT molecular complexity index is 455. The van der Waals surface area contributed by atoms with Gasteiger partial charge >= 0.3 is 0 Å². The molecule has 7 heteroatoms. The number of hydrogen-bond donors (Lipinski definition) is 0. The molecule has 0 aromatic carbocycles. The average Bonchev–Trinajstić information content (AvgIpc) is 2.93. The van der Waals surface area contributed by atoms with Crippen LogP contribution in [-0.2, 0) is 9.53 Å². The lowest BCUT2D eigenvalue weighted by Gasteiger charge is -2.16. The lowest BCUT2D eigenvalue weighted by molar-refractivity contribution is -0.135. The summed E-state index contributed by atoms with van der Waals surface area (Å²) in [7, 11) is 1.53. The molecule has 1 aliphatic heterocycles. The van der Waals surface area contributed by atoms with Gasteiger partial charge in [0.25, 0.3) is 0 Å². The summed E-state index contributed by atoms with van der Waals surface area (Å²) >= 11 is 0. The minimum absolute atomic E-state index is 0.00493. The van der Waals surface area contributed by atoms with Crippen molar-refractivity contribution in [2.24, 2.45) is 0 Å². The molecule has 1 aliphatic rings. The molecule has 0 unspecified atom stereocenters. The predicted octanol–water partition coefficient (Wildman–Crippen LogP) is 0.501. The van der Waals surface area contributed by atoms with E-state index in [0.29, 0.717) is 31.5 Å². The van der Waals surface area contributed by atoms with Crippen LogP contribution in [0.5, 0.6) is 11.8 Å². The maximum atomic E-state index is 11.8. The van der Waals surface area contributed by atoms with Crippen molar-refractivity contribution in [2.45, 2.75) is 19.4 Å². The molecule has 0 radical (unpaired) electrons. The van der Waals surface area contributed by atoms with E-state index >= 15 is 0 Å². The van der Waals surface area contributed by atoms with Gasteiger partial charge in [-0.15, -0.1) is 0 Å². The van der Waals surface area contributed by atoms with Gasteiger partial charge in [0.05, 0.1) is 26.0 Å². The molecule has 0 N–H and O–H groups in total. The van der Waals surface area contributed by atoms with Gasteiger partial charge < -0.3 is 19.1 Å². The van der Waals surface area contributed by atoms with E-state index in [0.717, 1.165) is 6.42 Å². The van der Waals surface area contributed by atoms with Crippen molar-refractivity contribution in [1.82, 2.24) is 14.9 Å². The van der Waals surface area contributed by atoms with Crippen molar-refractivity contribution in [3.8, 4) is 11.8 Å². The summed E-state index contributed by atoms with van der Waals surface area (Å²) < 4.78 is 15.8. The zero-order chi connectivity index (χ0) is 14.4. The fraction of sp³-hybridized carbons (Fsp3) is 0.615. The van der Waals surface area contributed by atoms with Crippen LogP contribution in [0.15, 0.2) is 12.4 Å². The van der Waals surface area contributed by atoms with E-state index in [4.69, 9.17) is 14.2 Å². The van der Waals surface area contributed by atoms with Gasteiger partial charge in [-0.1, -0.05) is 0 Å². The van der Waals surface area contributed by atoms with Crippen molar-refractivity contribution >= 4 is 5.91 Å². The summed E-state index contributed by atoms with van der Waals surface area (Å²) in [5, 5.41) is 0. The first kappa shape index (κ1) is 14.5. The fourth-order valence-corrected chi connectivity index (χ4v) is 1.99. The molecule has 1 amide bonds. The van der Waals surface area contributed by atoms with Crippen LogP contribution < -0.4 is 9.47 Å². The third-order valence-electron chi connectivity index (χ3n) is 3.01. The Kier molecular flexibility index (Phi) is 5.11. The number of carbonyl (C=O) groups excluding carboxylic acids is 1. The summed E-state index contributed by atoms with van der Waals surface area (Å²) in [6.07, 6.45) is 3.76. The lowest BCUT2D eigenvalue weighted by Crippen LogP contribution is -2.33. The number of carbonyl (C=O) groups is 1. The number of rotatable bonds is 6. The smallest absolute Gasteiger partial charge is 0.248 e. The van der Waals surface area contributed by atoms with E-state index in [9.17, 15) is 4.79 Å². The molecule has 0 bridgehead atoms. The maximum Gasteiger partial charge on any atom is 0.248 e. The van der Waals surface area contributed by atoms with Gasteiger partial charge in [0.15, 0.2) is 0 Å². The average molecular weight is 281 g/mol. The van der Waals surface area contributed by atoms with Crippen LogP contribution in [0.1, 0.15) is 13.3 Å². The third-order valence-corrected chi connectivity index (χ3v) is 3.01. The Morgan fingerprint density at radius 3 is 3.00 bits per heavy atom. The number of methoxy groups -OCH3 is 1. The number of ether oxygens (including phenoxy) is 3. The van der Waals surface area contributed by atoms with Crippen LogP contribution in [0.2, 0.25) is 0 Å². The standard InChI is InChI=1S/C13H19N3O4/c1-3-19-9-13(17)16-5-4-10(8-16)20-12-7-14-6-11(15-12)18-2/h6-7,10H,3-5,8-9H2,1-2H3/t10-/m0/s1. The van der Waals surface area contributed by atoms with Gasteiger partial charge in [0.2, 0.25) is 17.7 Å². The Balaban J connectivity index is 1.85. The monoisotopic (exact) mass is 281 g/mol. The first-order valence-electron chi connectivity index (χ1n) is 6.61. The van der Waals surface area contributed by atoms with E-state index in [-0.39, 0.29) is 18.6 Å². The van der Waals surface area contributed by atoms with Crippen molar-refractivity contribution in [3.05, 3.63) is 12.4 Å². The molecule has 0 spiro atoms. The van der Waals surface area contributed by atoms with Gasteiger partial charge in [-0.05, 0) is 6.92 Å². The summed E-state index contributed by atoms with van der Waals surface area (Å²) in [6.45, 7) is 3.75. The molecule has 1 aromatic heterocycles. The molecule has 1 atom stereocenters. The molecule has 1 fully saturated rings. The van der Waals surface area contributed by atoms with Crippen LogP contribution in [0, 0.1) is 0 Å². The minimum Gasteiger partial charge on any atom is -0.480 e. The van der Waals surface area contributed by atoms with E-state index in [1.807, 2.05) is 6.92 Å². The van der Waals surface area contributed by atoms with Gasteiger partial charge in [-0.25, -0.2) is 0 Å². The van der Waals surface area contributed by atoms with Crippen LogP contribution in [-0.4, -0.2) is 60.3 Å². The Morgan fingerprint density at radius 1 is 1.45 bits per heavy atom. The van der Waals surface area contributed by atoms with Crippen molar-refractivity contribution < 1.29 is 19.0 Å². The van der Waals surface area contributed by atoms with Crippen molar-refractivity contribution in [3.63, 3.8) is 0 Å². The highest BCUT2D eigenvalue weighted by atomic mass is 16.5. The number of likely N-dealkylation sites (tertiary alicyclic amines) is 1. The largest absolute Gasteiger partial charge is 0.480 e. The molecule has 1 aromatic rings. The molecule has 1 saturated heterocycles. The Hall–Kier alpha value is -1.89. The zero-order valence-corrected chi connectivity index (χ0v) is 11.7. The molecule has 7 nitrogen and oxygen atoms in total. The summed E-state index contributed by atoms with van der Waals surface area (Å²) in [6, 6.07) is 0. The van der Waals surface area contributed by atoms with E-state index in [2.05, 4.69) is 9.97 Å². The van der Waals surface area contributed by atoms with Crippen LogP contribution >= 0.6 is 0 Å². The number of amides is 1. The highest BCUT2D eigenvalue weighted by Crippen LogP contribution is 2.18. The SMILES string of the molecule is CCOCC(=O)N1CC[C@H](Oc2cncc(OC)n2)C1. The van der Waals surface area contributed by atoms with Gasteiger partial charge in [-0.2, -0.15) is 4.98 Å². The molecular weight excluding hydrogens is 262 g/mol.